The highest BCUT2D eigenvalue weighted by Crippen LogP contribution is 2.22. The average molecular weight is 330 g/mol. The third-order valence-electron chi connectivity index (χ3n) is 3.16. The molecule has 0 saturated carbocycles. The lowest BCUT2D eigenvalue weighted by Crippen LogP contribution is -2.34. The van der Waals surface area contributed by atoms with Crippen molar-refractivity contribution in [2.24, 2.45) is 0 Å². The minimum atomic E-state index is -0.703. The summed E-state index contributed by atoms with van der Waals surface area (Å²) in [7, 11) is 0. The van der Waals surface area contributed by atoms with E-state index in [1.165, 1.54) is 0 Å². The Balaban J connectivity index is 2.42. The quantitative estimate of drug-likeness (QED) is 0.602. The van der Waals surface area contributed by atoms with Crippen LogP contribution in [0.1, 0.15) is 36.7 Å². The summed E-state index contributed by atoms with van der Waals surface area (Å²) in [6.45, 7) is 5.56. The Kier molecular flexibility index (Phi) is 6.99. The third-order valence-corrected chi connectivity index (χ3v) is 3.16. The zero-order valence-corrected chi connectivity index (χ0v) is 14.1. The summed E-state index contributed by atoms with van der Waals surface area (Å²) in [6, 6.07) is 7.16. The first-order valence-electron chi connectivity index (χ1n) is 7.48. The van der Waals surface area contributed by atoms with Crippen LogP contribution in [0, 0.1) is 12.3 Å². The number of hydrogen-bond donors (Lipinski definition) is 2. The van der Waals surface area contributed by atoms with Gasteiger partial charge in [0.1, 0.15) is 6.54 Å². The lowest BCUT2D eigenvalue weighted by atomic mass is 9.87. The standard InChI is InChI=1S/C18H22N2O4/c1-5-10-19-15(21)12-24-16(22)11-20-17(23)13-6-8-14(9-7-13)18(2,3)4/h1,6-9H,10-12H2,2-4H3,(H,19,21)(H,20,23). The molecule has 128 valence electrons. The number of ether oxygens (including phenoxy) is 1. The Labute approximate surface area is 142 Å². The van der Waals surface area contributed by atoms with Gasteiger partial charge in [-0.15, -0.1) is 6.42 Å². The van der Waals surface area contributed by atoms with Crippen LogP contribution in [0.25, 0.3) is 0 Å². The van der Waals surface area contributed by atoms with Gasteiger partial charge in [-0.2, -0.15) is 0 Å². The SMILES string of the molecule is C#CCNC(=O)COC(=O)CNC(=O)c1ccc(C(C)(C)C)cc1. The number of nitrogens with one attached hydrogen (secondary N) is 2. The van der Waals surface area contributed by atoms with Gasteiger partial charge in [-0.05, 0) is 23.1 Å². The van der Waals surface area contributed by atoms with Crippen LogP contribution in [0.2, 0.25) is 0 Å². The summed E-state index contributed by atoms with van der Waals surface area (Å²) in [6.07, 6.45) is 4.98. The summed E-state index contributed by atoms with van der Waals surface area (Å²) in [5, 5.41) is 4.80. The molecule has 0 aromatic heterocycles. The second-order valence-electron chi connectivity index (χ2n) is 6.15. The van der Waals surface area contributed by atoms with Crippen molar-refractivity contribution in [2.45, 2.75) is 26.2 Å². The molecule has 2 N–H and O–H groups in total. The van der Waals surface area contributed by atoms with Crippen molar-refractivity contribution in [2.75, 3.05) is 19.7 Å². The van der Waals surface area contributed by atoms with E-state index >= 15 is 0 Å². The lowest BCUT2D eigenvalue weighted by Gasteiger charge is -2.19. The van der Waals surface area contributed by atoms with E-state index in [4.69, 9.17) is 11.2 Å². The number of benzene rings is 1. The van der Waals surface area contributed by atoms with Crippen molar-refractivity contribution in [1.82, 2.24) is 10.6 Å². The van der Waals surface area contributed by atoms with E-state index in [-0.39, 0.29) is 24.4 Å². The van der Waals surface area contributed by atoms with Crippen LogP contribution in [0.4, 0.5) is 0 Å². The molecule has 0 aliphatic rings. The van der Waals surface area contributed by atoms with Crippen LogP contribution in [-0.4, -0.2) is 37.5 Å². The second-order valence-corrected chi connectivity index (χ2v) is 6.15. The van der Waals surface area contributed by atoms with Crippen molar-refractivity contribution < 1.29 is 19.1 Å². The van der Waals surface area contributed by atoms with Gasteiger partial charge in [-0.3, -0.25) is 14.4 Å². The van der Waals surface area contributed by atoms with Gasteiger partial charge in [-0.1, -0.05) is 38.8 Å². The fourth-order valence-electron chi connectivity index (χ4n) is 1.77. The third kappa shape index (κ3) is 6.53. The van der Waals surface area contributed by atoms with E-state index in [0.717, 1.165) is 5.56 Å². The Hall–Kier alpha value is -2.81. The molecule has 0 bridgehead atoms. The highest BCUT2D eigenvalue weighted by atomic mass is 16.5. The highest BCUT2D eigenvalue weighted by molar-refractivity contribution is 5.96. The summed E-state index contributed by atoms with van der Waals surface area (Å²) >= 11 is 0. The molecule has 0 fully saturated rings. The van der Waals surface area contributed by atoms with Gasteiger partial charge in [0.15, 0.2) is 6.61 Å². The van der Waals surface area contributed by atoms with E-state index in [0.29, 0.717) is 5.56 Å². The minimum Gasteiger partial charge on any atom is -0.454 e. The molecular weight excluding hydrogens is 308 g/mol. The van der Waals surface area contributed by atoms with Crippen LogP contribution in [0.3, 0.4) is 0 Å². The van der Waals surface area contributed by atoms with E-state index in [2.05, 4.69) is 37.3 Å². The Morgan fingerprint density at radius 3 is 2.29 bits per heavy atom. The minimum absolute atomic E-state index is 0.00118. The maximum Gasteiger partial charge on any atom is 0.325 e. The Morgan fingerprint density at radius 1 is 1.12 bits per heavy atom. The van der Waals surface area contributed by atoms with E-state index in [1.807, 2.05) is 12.1 Å². The van der Waals surface area contributed by atoms with Gasteiger partial charge >= 0.3 is 5.97 Å². The topological polar surface area (TPSA) is 84.5 Å². The smallest absolute Gasteiger partial charge is 0.325 e. The highest BCUT2D eigenvalue weighted by Gasteiger charge is 2.15. The number of carbonyl (C=O) groups is 3. The first kappa shape index (κ1) is 19.2. The molecule has 24 heavy (non-hydrogen) atoms. The monoisotopic (exact) mass is 330 g/mol. The zero-order chi connectivity index (χ0) is 18.2. The largest absolute Gasteiger partial charge is 0.454 e. The van der Waals surface area contributed by atoms with Gasteiger partial charge in [0.25, 0.3) is 11.8 Å². The van der Waals surface area contributed by atoms with Crippen molar-refractivity contribution in [1.29, 1.82) is 0 Å². The van der Waals surface area contributed by atoms with Crippen molar-refractivity contribution in [3.63, 3.8) is 0 Å². The van der Waals surface area contributed by atoms with Gasteiger partial charge in [0, 0.05) is 5.56 Å². The maximum absolute atomic E-state index is 12.0. The summed E-state index contributed by atoms with van der Waals surface area (Å²) in [4.78, 5) is 34.7. The molecule has 0 unspecified atom stereocenters. The van der Waals surface area contributed by atoms with Crippen molar-refractivity contribution in [3.8, 4) is 12.3 Å². The number of amides is 2. The molecule has 0 radical (unpaired) electrons. The van der Waals surface area contributed by atoms with Crippen LogP contribution < -0.4 is 10.6 Å². The second kappa shape index (κ2) is 8.73. The predicted molar refractivity (Wildman–Crippen MR) is 90.3 cm³/mol. The van der Waals surface area contributed by atoms with E-state index < -0.39 is 18.5 Å². The molecule has 2 amide bonds. The maximum atomic E-state index is 12.0. The molecule has 6 nitrogen and oxygen atoms in total. The molecule has 0 atom stereocenters. The number of esters is 1. The molecule has 0 spiro atoms. The number of carbonyl (C=O) groups excluding carboxylic acids is 3. The summed E-state index contributed by atoms with van der Waals surface area (Å²) < 4.78 is 4.72. The summed E-state index contributed by atoms with van der Waals surface area (Å²) in [5.41, 5.74) is 1.55. The molecule has 1 aromatic carbocycles. The van der Waals surface area contributed by atoms with Gasteiger partial charge in [-0.25, -0.2) is 0 Å². The molecule has 0 saturated heterocycles. The van der Waals surface area contributed by atoms with E-state index in [1.54, 1.807) is 12.1 Å². The molecule has 0 aliphatic carbocycles. The first-order valence-corrected chi connectivity index (χ1v) is 7.48. The molecule has 6 heteroatoms. The zero-order valence-electron chi connectivity index (χ0n) is 14.1. The van der Waals surface area contributed by atoms with Gasteiger partial charge in [0.05, 0.1) is 6.54 Å². The normalized spacial score (nSPS) is 10.4. The number of terminal acetylenes is 1. The number of hydrogen-bond acceptors (Lipinski definition) is 4. The Morgan fingerprint density at radius 2 is 1.75 bits per heavy atom. The average Bonchev–Trinajstić information content (AvgIpc) is 2.55. The molecule has 0 heterocycles. The fraction of sp³-hybridized carbons (Fsp3) is 0.389. The van der Waals surface area contributed by atoms with Gasteiger partial charge < -0.3 is 15.4 Å². The van der Waals surface area contributed by atoms with Gasteiger partial charge in [0.2, 0.25) is 0 Å². The predicted octanol–water partition coefficient (Wildman–Crippen LogP) is 1.01. The van der Waals surface area contributed by atoms with E-state index in [9.17, 15) is 14.4 Å². The van der Waals surface area contributed by atoms with Crippen LogP contribution >= 0.6 is 0 Å². The molecule has 1 rings (SSSR count). The molecule has 1 aromatic rings. The van der Waals surface area contributed by atoms with Crippen molar-refractivity contribution in [3.05, 3.63) is 35.4 Å². The van der Waals surface area contributed by atoms with Crippen LogP contribution in [0.15, 0.2) is 24.3 Å². The molecular formula is C18H22N2O4. The lowest BCUT2D eigenvalue weighted by molar-refractivity contribution is -0.147. The van der Waals surface area contributed by atoms with Crippen LogP contribution in [-0.2, 0) is 19.7 Å². The molecule has 0 aliphatic heterocycles. The fourth-order valence-corrected chi connectivity index (χ4v) is 1.77. The summed E-state index contributed by atoms with van der Waals surface area (Å²) in [5.74, 6) is 0.645. The number of rotatable bonds is 6. The Bertz CT molecular complexity index is 636. The van der Waals surface area contributed by atoms with Crippen LogP contribution in [0.5, 0.6) is 0 Å². The van der Waals surface area contributed by atoms with Crippen molar-refractivity contribution >= 4 is 17.8 Å². The first-order chi connectivity index (χ1) is 11.2.